The van der Waals surface area contributed by atoms with E-state index >= 15 is 0 Å². The molecule has 0 aliphatic rings. The number of hydrogen-bond donors (Lipinski definition) is 1. The van der Waals surface area contributed by atoms with Crippen LogP contribution in [0.3, 0.4) is 0 Å². The number of rotatable bonds is 0. The summed E-state index contributed by atoms with van der Waals surface area (Å²) in [6.45, 7) is 4.18. The highest BCUT2D eigenvalue weighted by Crippen LogP contribution is 2.25. The Kier molecular flexibility index (Phi) is 1.73. The Morgan fingerprint density at radius 1 is 1.00 bits per heavy atom. The molecule has 2 rings (SSSR count). The van der Waals surface area contributed by atoms with E-state index in [4.69, 9.17) is 5.73 Å². The van der Waals surface area contributed by atoms with E-state index in [1.54, 1.807) is 0 Å². The minimum absolute atomic E-state index is 0.874. The van der Waals surface area contributed by atoms with Crippen LogP contribution in [0.1, 0.15) is 11.1 Å². The number of hydrogen-bond acceptors (Lipinski definition) is 1. The molecule has 0 aliphatic heterocycles. The van der Waals surface area contributed by atoms with Gasteiger partial charge < -0.3 is 5.73 Å². The number of fused-ring (bicyclic) bond motifs is 1. The van der Waals surface area contributed by atoms with Gasteiger partial charge in [0, 0.05) is 11.1 Å². The average molecular weight is 171 g/mol. The van der Waals surface area contributed by atoms with Gasteiger partial charge in [0.05, 0.1) is 0 Å². The van der Waals surface area contributed by atoms with E-state index < -0.39 is 0 Å². The number of anilines is 1. The molecule has 1 nitrogen and oxygen atoms in total. The Balaban J connectivity index is 2.94. The second-order valence-electron chi connectivity index (χ2n) is 3.52. The maximum absolute atomic E-state index is 5.93. The van der Waals surface area contributed by atoms with Gasteiger partial charge in [-0.3, -0.25) is 0 Å². The van der Waals surface area contributed by atoms with E-state index in [0.717, 1.165) is 11.1 Å². The lowest BCUT2D eigenvalue weighted by molar-refractivity contribution is 1.47. The number of nitrogens with two attached hydrogens (primary N) is 1. The largest absolute Gasteiger partial charge is 0.398 e. The quantitative estimate of drug-likeness (QED) is 0.606. The van der Waals surface area contributed by atoms with E-state index in [1.807, 2.05) is 12.1 Å². The third kappa shape index (κ3) is 1.26. The lowest BCUT2D eigenvalue weighted by atomic mass is 10.0. The molecule has 0 radical (unpaired) electrons. The summed E-state index contributed by atoms with van der Waals surface area (Å²) in [4.78, 5) is 0. The Hall–Kier alpha value is -1.50. The van der Waals surface area contributed by atoms with Crippen molar-refractivity contribution in [1.82, 2.24) is 0 Å². The van der Waals surface area contributed by atoms with Crippen LogP contribution in [-0.2, 0) is 0 Å². The third-order valence-corrected chi connectivity index (χ3v) is 2.39. The van der Waals surface area contributed by atoms with Gasteiger partial charge in [0.1, 0.15) is 0 Å². The number of nitrogen functional groups attached to an aromatic ring is 1. The first-order chi connectivity index (χ1) is 6.18. The van der Waals surface area contributed by atoms with Crippen LogP contribution in [-0.4, -0.2) is 0 Å². The predicted molar refractivity (Wildman–Crippen MR) is 57.8 cm³/mol. The second kappa shape index (κ2) is 2.77. The SMILES string of the molecule is Cc1cc(N)c2cccc(C)c2c1. The Labute approximate surface area is 78.2 Å². The van der Waals surface area contributed by atoms with Gasteiger partial charge in [-0.1, -0.05) is 24.3 Å². The van der Waals surface area contributed by atoms with E-state index in [9.17, 15) is 0 Å². The molecule has 2 N–H and O–H groups in total. The standard InChI is InChI=1S/C12H13N/c1-8-6-11-9(2)4-3-5-10(11)12(13)7-8/h3-7H,13H2,1-2H3. The van der Waals surface area contributed by atoms with Crippen molar-refractivity contribution in [3.63, 3.8) is 0 Å². The van der Waals surface area contributed by atoms with E-state index in [0.29, 0.717) is 0 Å². The molecule has 0 unspecified atom stereocenters. The van der Waals surface area contributed by atoms with Crippen molar-refractivity contribution in [1.29, 1.82) is 0 Å². The molecule has 0 spiro atoms. The normalized spacial score (nSPS) is 10.6. The molecular formula is C12H13N. The van der Waals surface area contributed by atoms with Crippen molar-refractivity contribution >= 4 is 16.5 Å². The van der Waals surface area contributed by atoms with Gasteiger partial charge >= 0.3 is 0 Å². The van der Waals surface area contributed by atoms with Crippen molar-refractivity contribution in [2.75, 3.05) is 5.73 Å². The molecule has 2 aromatic rings. The molecule has 0 fully saturated rings. The van der Waals surface area contributed by atoms with Crippen molar-refractivity contribution in [2.45, 2.75) is 13.8 Å². The zero-order valence-corrected chi connectivity index (χ0v) is 7.96. The van der Waals surface area contributed by atoms with Crippen LogP contribution >= 0.6 is 0 Å². The maximum atomic E-state index is 5.93. The fourth-order valence-corrected chi connectivity index (χ4v) is 1.72. The van der Waals surface area contributed by atoms with Gasteiger partial charge in [-0.25, -0.2) is 0 Å². The van der Waals surface area contributed by atoms with Crippen LogP contribution in [0.25, 0.3) is 10.8 Å². The maximum Gasteiger partial charge on any atom is 0.0396 e. The van der Waals surface area contributed by atoms with Crippen LogP contribution < -0.4 is 5.73 Å². The van der Waals surface area contributed by atoms with Gasteiger partial charge in [0.2, 0.25) is 0 Å². The van der Waals surface area contributed by atoms with Gasteiger partial charge in [0.15, 0.2) is 0 Å². The highest BCUT2D eigenvalue weighted by molar-refractivity contribution is 5.95. The van der Waals surface area contributed by atoms with Crippen LogP contribution in [0.15, 0.2) is 30.3 Å². The molecule has 13 heavy (non-hydrogen) atoms. The third-order valence-electron chi connectivity index (χ3n) is 2.39. The van der Waals surface area contributed by atoms with Gasteiger partial charge in [-0.05, 0) is 36.4 Å². The molecule has 0 aromatic heterocycles. The lowest BCUT2D eigenvalue weighted by Crippen LogP contribution is -1.89. The molecule has 0 amide bonds. The van der Waals surface area contributed by atoms with Crippen LogP contribution in [0.5, 0.6) is 0 Å². The van der Waals surface area contributed by atoms with Crippen LogP contribution in [0, 0.1) is 13.8 Å². The second-order valence-corrected chi connectivity index (χ2v) is 3.52. The number of aryl methyl sites for hydroxylation is 2. The molecule has 0 saturated heterocycles. The first-order valence-electron chi connectivity index (χ1n) is 4.44. The smallest absolute Gasteiger partial charge is 0.0396 e. The van der Waals surface area contributed by atoms with Crippen molar-refractivity contribution in [3.8, 4) is 0 Å². The summed E-state index contributed by atoms with van der Waals surface area (Å²) in [5.41, 5.74) is 9.31. The molecule has 0 saturated carbocycles. The molecular weight excluding hydrogens is 158 g/mol. The minimum atomic E-state index is 0.874. The first kappa shape index (κ1) is 8.11. The van der Waals surface area contributed by atoms with Crippen molar-refractivity contribution in [3.05, 3.63) is 41.5 Å². The first-order valence-corrected chi connectivity index (χ1v) is 4.44. The summed E-state index contributed by atoms with van der Waals surface area (Å²) >= 11 is 0. The summed E-state index contributed by atoms with van der Waals surface area (Å²) in [5, 5.41) is 2.42. The van der Waals surface area contributed by atoms with E-state index in [2.05, 4.69) is 32.0 Å². The monoisotopic (exact) mass is 171 g/mol. The zero-order chi connectivity index (χ0) is 9.42. The van der Waals surface area contributed by atoms with Crippen molar-refractivity contribution in [2.24, 2.45) is 0 Å². The zero-order valence-electron chi connectivity index (χ0n) is 7.96. The summed E-state index contributed by atoms with van der Waals surface area (Å²) in [6.07, 6.45) is 0. The molecule has 66 valence electrons. The molecule has 0 heterocycles. The van der Waals surface area contributed by atoms with Gasteiger partial charge in [-0.15, -0.1) is 0 Å². The van der Waals surface area contributed by atoms with Crippen molar-refractivity contribution < 1.29 is 0 Å². The van der Waals surface area contributed by atoms with Gasteiger partial charge in [-0.2, -0.15) is 0 Å². The molecule has 0 atom stereocenters. The predicted octanol–water partition coefficient (Wildman–Crippen LogP) is 3.04. The molecule has 1 heteroatoms. The summed E-state index contributed by atoms with van der Waals surface area (Å²) in [7, 11) is 0. The summed E-state index contributed by atoms with van der Waals surface area (Å²) in [5.74, 6) is 0. The summed E-state index contributed by atoms with van der Waals surface area (Å²) in [6, 6.07) is 10.4. The molecule has 0 bridgehead atoms. The topological polar surface area (TPSA) is 26.0 Å². The number of benzene rings is 2. The fourth-order valence-electron chi connectivity index (χ4n) is 1.72. The summed E-state index contributed by atoms with van der Waals surface area (Å²) < 4.78 is 0. The Morgan fingerprint density at radius 3 is 2.54 bits per heavy atom. The Morgan fingerprint density at radius 2 is 1.77 bits per heavy atom. The fraction of sp³-hybridized carbons (Fsp3) is 0.167. The van der Waals surface area contributed by atoms with Crippen LogP contribution in [0.2, 0.25) is 0 Å². The average Bonchev–Trinajstić information content (AvgIpc) is 2.07. The highest BCUT2D eigenvalue weighted by Gasteiger charge is 2.00. The molecule has 0 aliphatic carbocycles. The molecule has 2 aromatic carbocycles. The van der Waals surface area contributed by atoms with E-state index in [-0.39, 0.29) is 0 Å². The lowest BCUT2D eigenvalue weighted by Gasteiger charge is -2.06. The van der Waals surface area contributed by atoms with Gasteiger partial charge in [0.25, 0.3) is 0 Å². The Bertz CT molecular complexity index is 458. The van der Waals surface area contributed by atoms with E-state index in [1.165, 1.54) is 16.5 Å². The minimum Gasteiger partial charge on any atom is -0.398 e. The highest BCUT2D eigenvalue weighted by atomic mass is 14.5. The van der Waals surface area contributed by atoms with Crippen LogP contribution in [0.4, 0.5) is 5.69 Å².